The van der Waals surface area contributed by atoms with Crippen molar-refractivity contribution < 1.29 is 13.9 Å². The van der Waals surface area contributed by atoms with E-state index in [0.29, 0.717) is 23.4 Å². The molecule has 2 rings (SSSR count). The van der Waals surface area contributed by atoms with Crippen LogP contribution in [0.4, 0.5) is 4.39 Å². The van der Waals surface area contributed by atoms with Crippen LogP contribution in [0.15, 0.2) is 18.2 Å². The summed E-state index contributed by atoms with van der Waals surface area (Å²) in [5, 5.41) is 0.310. The maximum atomic E-state index is 13.4. The summed E-state index contributed by atoms with van der Waals surface area (Å²) in [5.74, 6) is -0.716. The van der Waals surface area contributed by atoms with Crippen LogP contribution in [0, 0.1) is 5.82 Å². The van der Waals surface area contributed by atoms with Crippen molar-refractivity contribution in [1.82, 2.24) is 0 Å². The van der Waals surface area contributed by atoms with E-state index in [2.05, 4.69) is 0 Å². The molecule has 4 heteroatoms. The molecule has 1 aliphatic rings. The molecule has 0 saturated carbocycles. The Morgan fingerprint density at radius 3 is 2.86 bits per heavy atom. The van der Waals surface area contributed by atoms with Gasteiger partial charge in [-0.2, -0.15) is 0 Å². The standard InChI is InChI=1S/C10H8ClFO2/c11-6-2-1-3-7(12)10(6)8-4-5-9(13)14-8/h1-3,8H,4-5H2. The molecule has 2 nitrogen and oxygen atoms in total. The zero-order valence-corrected chi connectivity index (χ0v) is 8.05. The average Bonchev–Trinajstić information content (AvgIpc) is 2.51. The Labute approximate surface area is 85.6 Å². The van der Waals surface area contributed by atoms with Gasteiger partial charge in [0.05, 0.1) is 5.02 Å². The van der Waals surface area contributed by atoms with Crippen molar-refractivity contribution in [2.24, 2.45) is 0 Å². The average molecular weight is 215 g/mol. The number of hydrogen-bond donors (Lipinski definition) is 0. The second-order valence-electron chi connectivity index (χ2n) is 3.15. The Bertz CT molecular complexity index is 358. The SMILES string of the molecule is O=C1CCC(c2c(F)cccc2Cl)O1. The number of ether oxygens (including phenoxy) is 1. The van der Waals surface area contributed by atoms with E-state index in [0.717, 1.165) is 0 Å². The van der Waals surface area contributed by atoms with E-state index in [1.54, 1.807) is 6.07 Å². The van der Waals surface area contributed by atoms with Crippen LogP contribution in [0.25, 0.3) is 0 Å². The van der Waals surface area contributed by atoms with Crippen molar-refractivity contribution in [3.8, 4) is 0 Å². The molecule has 0 N–H and O–H groups in total. The number of cyclic esters (lactones) is 1. The summed E-state index contributed by atoms with van der Waals surface area (Å²) >= 11 is 5.83. The van der Waals surface area contributed by atoms with E-state index in [1.165, 1.54) is 12.1 Å². The van der Waals surface area contributed by atoms with Gasteiger partial charge in [-0.25, -0.2) is 4.39 Å². The lowest BCUT2D eigenvalue weighted by Gasteiger charge is -2.11. The minimum atomic E-state index is -0.517. The van der Waals surface area contributed by atoms with Gasteiger partial charge in [-0.1, -0.05) is 17.7 Å². The van der Waals surface area contributed by atoms with Crippen molar-refractivity contribution in [3.05, 3.63) is 34.6 Å². The number of hydrogen-bond acceptors (Lipinski definition) is 2. The van der Waals surface area contributed by atoms with Crippen LogP contribution in [-0.2, 0) is 9.53 Å². The van der Waals surface area contributed by atoms with Crippen LogP contribution < -0.4 is 0 Å². The molecule has 0 spiro atoms. The summed E-state index contributed by atoms with van der Waals surface area (Å²) < 4.78 is 18.3. The number of carbonyl (C=O) groups is 1. The molecule has 0 aromatic heterocycles. The van der Waals surface area contributed by atoms with Gasteiger partial charge < -0.3 is 4.74 Å². The minimum Gasteiger partial charge on any atom is -0.457 e. The van der Waals surface area contributed by atoms with E-state index < -0.39 is 11.9 Å². The summed E-state index contributed by atoms with van der Waals surface area (Å²) in [6.45, 7) is 0. The molecule has 14 heavy (non-hydrogen) atoms. The fourth-order valence-electron chi connectivity index (χ4n) is 1.55. The minimum absolute atomic E-state index is 0.292. The quantitative estimate of drug-likeness (QED) is 0.672. The highest BCUT2D eigenvalue weighted by molar-refractivity contribution is 6.31. The van der Waals surface area contributed by atoms with E-state index in [1.807, 2.05) is 0 Å². The number of benzene rings is 1. The Hall–Kier alpha value is -1.09. The monoisotopic (exact) mass is 214 g/mol. The van der Waals surface area contributed by atoms with Crippen molar-refractivity contribution >= 4 is 17.6 Å². The topological polar surface area (TPSA) is 26.3 Å². The van der Waals surface area contributed by atoms with E-state index in [9.17, 15) is 9.18 Å². The number of halogens is 2. The first-order chi connectivity index (χ1) is 6.68. The van der Waals surface area contributed by atoms with E-state index in [-0.39, 0.29) is 5.97 Å². The maximum absolute atomic E-state index is 13.4. The lowest BCUT2D eigenvalue weighted by Crippen LogP contribution is -2.02. The molecule has 1 heterocycles. The van der Waals surface area contributed by atoms with Gasteiger partial charge in [-0.3, -0.25) is 4.79 Å². The molecular formula is C10H8ClFO2. The Kier molecular flexibility index (Phi) is 2.42. The van der Waals surface area contributed by atoms with Crippen LogP contribution in [0.3, 0.4) is 0 Å². The largest absolute Gasteiger partial charge is 0.457 e. The van der Waals surface area contributed by atoms with Gasteiger partial charge in [0.25, 0.3) is 0 Å². The molecule has 0 aliphatic carbocycles. The predicted molar refractivity (Wildman–Crippen MR) is 49.5 cm³/mol. The maximum Gasteiger partial charge on any atom is 0.306 e. The first-order valence-corrected chi connectivity index (χ1v) is 4.69. The zero-order chi connectivity index (χ0) is 10.1. The van der Waals surface area contributed by atoms with Crippen LogP contribution in [0.5, 0.6) is 0 Å². The summed E-state index contributed by atoms with van der Waals surface area (Å²) in [5.41, 5.74) is 0.292. The van der Waals surface area contributed by atoms with Crippen molar-refractivity contribution in [1.29, 1.82) is 0 Å². The van der Waals surface area contributed by atoms with Gasteiger partial charge in [-0.15, -0.1) is 0 Å². The first-order valence-electron chi connectivity index (χ1n) is 4.32. The lowest BCUT2D eigenvalue weighted by atomic mass is 10.1. The molecule has 0 amide bonds. The fourth-order valence-corrected chi connectivity index (χ4v) is 1.83. The molecular weight excluding hydrogens is 207 g/mol. The molecule has 0 bridgehead atoms. The van der Waals surface area contributed by atoms with Crippen molar-refractivity contribution in [2.75, 3.05) is 0 Å². The molecule has 1 saturated heterocycles. The van der Waals surface area contributed by atoms with Gasteiger partial charge in [0.1, 0.15) is 11.9 Å². The highest BCUT2D eigenvalue weighted by Gasteiger charge is 2.28. The Balaban J connectivity index is 2.36. The van der Waals surface area contributed by atoms with Crippen molar-refractivity contribution in [2.45, 2.75) is 18.9 Å². The van der Waals surface area contributed by atoms with Crippen LogP contribution in [0.1, 0.15) is 24.5 Å². The van der Waals surface area contributed by atoms with Gasteiger partial charge in [-0.05, 0) is 18.6 Å². The normalized spacial score (nSPS) is 21.0. The molecule has 1 atom stereocenters. The smallest absolute Gasteiger partial charge is 0.306 e. The predicted octanol–water partition coefficient (Wildman–Crippen LogP) is 2.86. The summed E-state index contributed by atoms with van der Waals surface area (Å²) in [7, 11) is 0. The summed E-state index contributed by atoms with van der Waals surface area (Å²) in [4.78, 5) is 10.9. The second kappa shape index (κ2) is 3.58. The fraction of sp³-hybridized carbons (Fsp3) is 0.300. The van der Waals surface area contributed by atoms with E-state index >= 15 is 0 Å². The molecule has 1 fully saturated rings. The first kappa shape index (κ1) is 9.46. The molecule has 1 aromatic carbocycles. The van der Waals surface area contributed by atoms with Crippen molar-refractivity contribution in [3.63, 3.8) is 0 Å². The van der Waals surface area contributed by atoms with E-state index in [4.69, 9.17) is 16.3 Å². The molecule has 1 unspecified atom stereocenters. The third-order valence-corrected chi connectivity index (χ3v) is 2.54. The second-order valence-corrected chi connectivity index (χ2v) is 3.56. The highest BCUT2D eigenvalue weighted by atomic mass is 35.5. The number of esters is 1. The summed E-state index contributed by atoms with van der Waals surface area (Å²) in [6, 6.07) is 4.43. The third-order valence-electron chi connectivity index (χ3n) is 2.21. The molecule has 0 radical (unpaired) electrons. The Morgan fingerprint density at radius 1 is 1.50 bits per heavy atom. The third kappa shape index (κ3) is 1.60. The lowest BCUT2D eigenvalue weighted by molar-refractivity contribution is -0.141. The van der Waals surface area contributed by atoms with Gasteiger partial charge in [0.2, 0.25) is 0 Å². The molecule has 1 aliphatic heterocycles. The number of carbonyl (C=O) groups excluding carboxylic acids is 1. The van der Waals surface area contributed by atoms with Gasteiger partial charge >= 0.3 is 5.97 Å². The van der Waals surface area contributed by atoms with Crippen LogP contribution >= 0.6 is 11.6 Å². The number of rotatable bonds is 1. The van der Waals surface area contributed by atoms with Crippen LogP contribution in [-0.4, -0.2) is 5.97 Å². The highest BCUT2D eigenvalue weighted by Crippen LogP contribution is 2.35. The Morgan fingerprint density at radius 2 is 2.29 bits per heavy atom. The van der Waals surface area contributed by atoms with Gasteiger partial charge in [0, 0.05) is 12.0 Å². The van der Waals surface area contributed by atoms with Crippen LogP contribution in [0.2, 0.25) is 5.02 Å². The molecule has 74 valence electrons. The van der Waals surface area contributed by atoms with Gasteiger partial charge in [0.15, 0.2) is 0 Å². The zero-order valence-electron chi connectivity index (χ0n) is 7.30. The summed E-state index contributed by atoms with van der Waals surface area (Å²) in [6.07, 6.45) is 0.311. The molecule has 1 aromatic rings.